The van der Waals surface area contributed by atoms with E-state index < -0.39 is 0 Å². The maximum Gasteiger partial charge on any atom is 0.269 e. The number of hydrogen-bond acceptors (Lipinski definition) is 6. The number of carbonyl (C=O) groups is 1. The molecular weight excluding hydrogens is 430 g/mol. The molecule has 2 aromatic heterocycles. The number of aromatic nitrogens is 2. The predicted molar refractivity (Wildman–Crippen MR) is 127 cm³/mol. The number of fused-ring (bicyclic) bond motifs is 1. The first-order chi connectivity index (χ1) is 14.9. The van der Waals surface area contributed by atoms with Crippen LogP contribution in [0.25, 0.3) is 11.7 Å². The Morgan fingerprint density at radius 2 is 2.03 bits per heavy atom. The van der Waals surface area contributed by atoms with E-state index in [-0.39, 0.29) is 29.0 Å². The Labute approximate surface area is 189 Å². The van der Waals surface area contributed by atoms with E-state index in [1.54, 1.807) is 41.4 Å². The molecule has 8 heteroatoms. The zero-order valence-corrected chi connectivity index (χ0v) is 19.0. The van der Waals surface area contributed by atoms with Crippen LogP contribution in [0.2, 0.25) is 0 Å². The molecule has 0 radical (unpaired) electrons. The van der Waals surface area contributed by atoms with Crippen molar-refractivity contribution in [2.45, 2.75) is 33.2 Å². The highest BCUT2D eigenvalue weighted by Gasteiger charge is 2.35. The normalized spacial score (nSPS) is 16.4. The van der Waals surface area contributed by atoms with Crippen molar-refractivity contribution >= 4 is 45.9 Å². The summed E-state index contributed by atoms with van der Waals surface area (Å²) in [6.07, 6.45) is 3.96. The van der Waals surface area contributed by atoms with Crippen molar-refractivity contribution in [1.29, 1.82) is 0 Å². The van der Waals surface area contributed by atoms with Crippen LogP contribution in [0.4, 0.5) is 0 Å². The van der Waals surface area contributed by atoms with Crippen molar-refractivity contribution in [2.75, 3.05) is 0 Å². The van der Waals surface area contributed by atoms with Crippen LogP contribution >= 0.6 is 24.0 Å². The molecule has 3 aromatic rings. The van der Waals surface area contributed by atoms with Gasteiger partial charge in [0.2, 0.25) is 5.88 Å². The molecule has 0 saturated carbocycles. The minimum absolute atomic E-state index is 0.0164. The minimum atomic E-state index is -0.318. The quantitative estimate of drug-likeness (QED) is 0.410. The number of nitrogens with zero attached hydrogens (tertiary/aromatic N) is 3. The SMILES string of the molecule is CC[C@@H](C)N1C(=O)/C(=C/c2c(Oc3cccc(C)c3)nc3ccccn3c2=O)SC1=S. The van der Waals surface area contributed by atoms with Crippen LogP contribution in [-0.2, 0) is 4.79 Å². The fraction of sp³-hybridized carbons (Fsp3) is 0.217. The lowest BCUT2D eigenvalue weighted by molar-refractivity contribution is -0.123. The van der Waals surface area contributed by atoms with Crippen LogP contribution in [0.3, 0.4) is 0 Å². The van der Waals surface area contributed by atoms with Crippen LogP contribution in [0.5, 0.6) is 11.6 Å². The molecule has 6 nitrogen and oxygen atoms in total. The Morgan fingerprint density at radius 3 is 2.77 bits per heavy atom. The van der Waals surface area contributed by atoms with Crippen LogP contribution in [0, 0.1) is 6.92 Å². The van der Waals surface area contributed by atoms with Gasteiger partial charge in [-0.25, -0.2) is 0 Å². The van der Waals surface area contributed by atoms with Crippen LogP contribution in [-0.4, -0.2) is 30.6 Å². The smallest absolute Gasteiger partial charge is 0.269 e. The maximum absolute atomic E-state index is 13.3. The molecule has 1 aromatic carbocycles. The molecule has 3 heterocycles. The first-order valence-electron chi connectivity index (χ1n) is 9.92. The molecule has 31 heavy (non-hydrogen) atoms. The van der Waals surface area contributed by atoms with Gasteiger partial charge in [0.25, 0.3) is 11.5 Å². The molecule has 158 valence electrons. The van der Waals surface area contributed by atoms with E-state index in [9.17, 15) is 9.59 Å². The molecule has 1 saturated heterocycles. The number of hydrogen-bond donors (Lipinski definition) is 0. The van der Waals surface area contributed by atoms with Crippen molar-refractivity contribution < 1.29 is 9.53 Å². The van der Waals surface area contributed by atoms with Gasteiger partial charge >= 0.3 is 0 Å². The second kappa shape index (κ2) is 8.64. The van der Waals surface area contributed by atoms with E-state index in [0.717, 1.165) is 12.0 Å². The van der Waals surface area contributed by atoms with Gasteiger partial charge in [-0.05, 0) is 56.2 Å². The maximum atomic E-state index is 13.3. The second-order valence-electron chi connectivity index (χ2n) is 7.29. The summed E-state index contributed by atoms with van der Waals surface area (Å²) in [7, 11) is 0. The summed E-state index contributed by atoms with van der Waals surface area (Å²) in [6, 6.07) is 12.8. The number of thioether (sulfide) groups is 1. The Hall–Kier alpha value is -2.97. The molecule has 0 unspecified atom stereocenters. The fourth-order valence-corrected chi connectivity index (χ4v) is 4.69. The molecule has 0 bridgehead atoms. The van der Waals surface area contributed by atoms with Gasteiger partial charge in [-0.3, -0.25) is 18.9 Å². The summed E-state index contributed by atoms with van der Waals surface area (Å²) in [5.74, 6) is 0.507. The zero-order chi connectivity index (χ0) is 22.1. The highest BCUT2D eigenvalue weighted by molar-refractivity contribution is 8.26. The summed E-state index contributed by atoms with van der Waals surface area (Å²) in [5, 5.41) is 0. The van der Waals surface area contributed by atoms with E-state index in [1.165, 1.54) is 16.2 Å². The Morgan fingerprint density at radius 1 is 1.23 bits per heavy atom. The first kappa shape index (κ1) is 21.3. The van der Waals surface area contributed by atoms with Crippen LogP contribution in [0.15, 0.2) is 58.4 Å². The monoisotopic (exact) mass is 451 g/mol. The third-order valence-electron chi connectivity index (χ3n) is 5.07. The summed E-state index contributed by atoms with van der Waals surface area (Å²) >= 11 is 6.60. The van der Waals surface area contributed by atoms with E-state index in [2.05, 4.69) is 4.98 Å². The highest BCUT2D eigenvalue weighted by atomic mass is 32.2. The van der Waals surface area contributed by atoms with Crippen LogP contribution in [0.1, 0.15) is 31.4 Å². The van der Waals surface area contributed by atoms with E-state index >= 15 is 0 Å². The van der Waals surface area contributed by atoms with Gasteiger partial charge in [-0.2, -0.15) is 4.98 Å². The van der Waals surface area contributed by atoms with Gasteiger partial charge in [0.05, 0.1) is 4.91 Å². The van der Waals surface area contributed by atoms with E-state index in [1.807, 2.05) is 39.0 Å². The summed E-state index contributed by atoms with van der Waals surface area (Å²) in [5.41, 5.74) is 1.36. The van der Waals surface area contributed by atoms with Gasteiger partial charge in [0.1, 0.15) is 21.3 Å². The molecule has 4 rings (SSSR count). The average Bonchev–Trinajstić information content (AvgIpc) is 3.03. The zero-order valence-electron chi connectivity index (χ0n) is 17.4. The third-order valence-corrected chi connectivity index (χ3v) is 6.40. The number of rotatable bonds is 5. The van der Waals surface area contributed by atoms with Gasteiger partial charge in [0.15, 0.2) is 0 Å². The summed E-state index contributed by atoms with van der Waals surface area (Å²) in [6.45, 7) is 5.91. The third kappa shape index (κ3) is 4.13. The van der Waals surface area contributed by atoms with Gasteiger partial charge < -0.3 is 4.74 Å². The second-order valence-corrected chi connectivity index (χ2v) is 8.97. The average molecular weight is 452 g/mol. The lowest BCUT2D eigenvalue weighted by atomic mass is 10.2. The molecule has 0 N–H and O–H groups in total. The number of aryl methyl sites for hydroxylation is 1. The predicted octanol–water partition coefficient (Wildman–Crippen LogP) is 4.79. The molecular formula is C23H21N3O3S2. The lowest BCUT2D eigenvalue weighted by Gasteiger charge is -2.21. The largest absolute Gasteiger partial charge is 0.438 e. The fourth-order valence-electron chi connectivity index (χ4n) is 3.25. The molecule has 1 fully saturated rings. The number of carbonyl (C=O) groups excluding carboxylic acids is 1. The number of thiocarbonyl (C=S) groups is 1. The molecule has 1 aliphatic rings. The van der Waals surface area contributed by atoms with Crippen LogP contribution < -0.4 is 10.3 Å². The number of ether oxygens (including phenoxy) is 1. The highest BCUT2D eigenvalue weighted by Crippen LogP contribution is 2.35. The molecule has 0 spiro atoms. The summed E-state index contributed by atoms with van der Waals surface area (Å²) < 4.78 is 7.93. The van der Waals surface area contributed by atoms with Crippen molar-refractivity contribution in [1.82, 2.24) is 14.3 Å². The van der Waals surface area contributed by atoms with Crippen molar-refractivity contribution in [2.24, 2.45) is 0 Å². The number of benzene rings is 1. The Bertz CT molecular complexity index is 1280. The van der Waals surface area contributed by atoms with Crippen molar-refractivity contribution in [3.63, 3.8) is 0 Å². The Balaban J connectivity index is 1.85. The summed E-state index contributed by atoms with van der Waals surface area (Å²) in [4.78, 5) is 32.8. The van der Waals surface area contributed by atoms with E-state index in [4.69, 9.17) is 17.0 Å². The van der Waals surface area contributed by atoms with Gasteiger partial charge in [-0.1, -0.05) is 49.1 Å². The molecule has 1 amide bonds. The van der Waals surface area contributed by atoms with Gasteiger partial charge in [0, 0.05) is 12.2 Å². The molecule has 0 aliphatic carbocycles. The topological polar surface area (TPSA) is 63.9 Å². The van der Waals surface area contributed by atoms with E-state index in [0.29, 0.717) is 20.6 Å². The molecule has 1 atom stereocenters. The number of amides is 1. The molecule has 1 aliphatic heterocycles. The van der Waals surface area contributed by atoms with Crippen molar-refractivity contribution in [3.8, 4) is 11.6 Å². The number of pyridine rings is 1. The minimum Gasteiger partial charge on any atom is -0.438 e. The first-order valence-corrected chi connectivity index (χ1v) is 11.1. The van der Waals surface area contributed by atoms with Crippen molar-refractivity contribution in [3.05, 3.63) is 75.0 Å². The Kier molecular flexibility index (Phi) is 5.93. The lowest BCUT2D eigenvalue weighted by Crippen LogP contribution is -2.36. The standard InChI is InChI=1S/C23H21N3O3S2/c1-4-15(3)26-22(28)18(31-23(26)30)13-17-20(29-16-9-7-8-14(2)12-16)24-19-10-5-6-11-25(19)21(17)27/h5-13,15H,4H2,1-3H3/b18-13-/t15-/m1/s1. The van der Waals surface area contributed by atoms with Gasteiger partial charge in [-0.15, -0.1) is 0 Å².